The fraction of sp³-hybridized carbons (Fsp3) is 0.429. The van der Waals surface area contributed by atoms with Crippen molar-refractivity contribution in [2.24, 2.45) is 0 Å². The molecule has 114 valence electrons. The predicted molar refractivity (Wildman–Crippen MR) is 73.1 cm³/mol. The van der Waals surface area contributed by atoms with Gasteiger partial charge in [-0.2, -0.15) is 0 Å². The summed E-state index contributed by atoms with van der Waals surface area (Å²) in [6.45, 7) is 0.286. The van der Waals surface area contributed by atoms with E-state index in [1.807, 2.05) is 0 Å². The molecular weight excluding hydrogens is 279 g/mol. The van der Waals surface area contributed by atoms with Gasteiger partial charge in [-0.15, -0.1) is 0 Å². The SMILES string of the molecule is COC(CNC1CC(=O)N(c2ccc(F)cc2)C1=O)OC. The molecule has 2 rings (SSSR count). The zero-order valence-electron chi connectivity index (χ0n) is 11.8. The molecular formula is C14H17FN2O4. The molecule has 1 heterocycles. The summed E-state index contributed by atoms with van der Waals surface area (Å²) in [6.07, 6.45) is -0.441. The summed E-state index contributed by atoms with van der Waals surface area (Å²) in [7, 11) is 2.98. The number of nitrogens with one attached hydrogen (secondary N) is 1. The zero-order valence-corrected chi connectivity index (χ0v) is 11.8. The monoisotopic (exact) mass is 296 g/mol. The smallest absolute Gasteiger partial charge is 0.251 e. The summed E-state index contributed by atoms with van der Waals surface area (Å²) in [5.41, 5.74) is 0.366. The molecule has 0 radical (unpaired) electrons. The van der Waals surface area contributed by atoms with E-state index in [1.54, 1.807) is 0 Å². The number of amides is 2. The molecule has 1 aromatic rings. The maximum absolute atomic E-state index is 12.9. The molecule has 7 heteroatoms. The van der Waals surface area contributed by atoms with Crippen LogP contribution < -0.4 is 10.2 Å². The lowest BCUT2D eigenvalue weighted by Gasteiger charge is -2.18. The minimum atomic E-state index is -0.629. The minimum Gasteiger partial charge on any atom is -0.355 e. The van der Waals surface area contributed by atoms with Crippen LogP contribution in [0.3, 0.4) is 0 Å². The van der Waals surface area contributed by atoms with Crippen LogP contribution in [0.4, 0.5) is 10.1 Å². The van der Waals surface area contributed by atoms with E-state index in [-0.39, 0.29) is 24.8 Å². The number of hydrogen-bond donors (Lipinski definition) is 1. The van der Waals surface area contributed by atoms with Crippen LogP contribution in [0.5, 0.6) is 0 Å². The standard InChI is InChI=1S/C14H17FN2O4/c1-20-13(21-2)8-16-11-7-12(18)17(14(11)19)10-5-3-9(15)4-6-10/h3-6,11,13,16H,7-8H2,1-2H3. The Labute approximate surface area is 121 Å². The van der Waals surface area contributed by atoms with E-state index in [0.717, 1.165) is 4.90 Å². The average molecular weight is 296 g/mol. The van der Waals surface area contributed by atoms with Gasteiger partial charge in [0.1, 0.15) is 5.82 Å². The second-order valence-corrected chi connectivity index (χ2v) is 4.61. The highest BCUT2D eigenvalue weighted by atomic mass is 19.1. The van der Waals surface area contributed by atoms with E-state index in [4.69, 9.17) is 9.47 Å². The number of imide groups is 1. The lowest BCUT2D eigenvalue weighted by molar-refractivity contribution is -0.122. The Morgan fingerprint density at radius 2 is 1.90 bits per heavy atom. The van der Waals surface area contributed by atoms with Gasteiger partial charge in [0.15, 0.2) is 6.29 Å². The summed E-state index contributed by atoms with van der Waals surface area (Å²) in [5.74, 6) is -1.11. The highest BCUT2D eigenvalue weighted by Gasteiger charge is 2.39. The van der Waals surface area contributed by atoms with Crippen molar-refractivity contribution in [3.63, 3.8) is 0 Å². The molecule has 21 heavy (non-hydrogen) atoms. The summed E-state index contributed by atoms with van der Waals surface area (Å²) in [5, 5.41) is 2.94. The number of rotatable bonds is 6. The van der Waals surface area contributed by atoms with Crippen LogP contribution >= 0.6 is 0 Å². The predicted octanol–water partition coefficient (Wildman–Crippen LogP) is 0.666. The zero-order chi connectivity index (χ0) is 15.4. The quantitative estimate of drug-likeness (QED) is 0.617. The Morgan fingerprint density at radius 1 is 1.29 bits per heavy atom. The van der Waals surface area contributed by atoms with Crippen LogP contribution in [0, 0.1) is 5.82 Å². The Hall–Kier alpha value is -1.83. The van der Waals surface area contributed by atoms with Gasteiger partial charge in [-0.25, -0.2) is 9.29 Å². The largest absolute Gasteiger partial charge is 0.355 e. The van der Waals surface area contributed by atoms with Gasteiger partial charge >= 0.3 is 0 Å². The van der Waals surface area contributed by atoms with Gasteiger partial charge in [-0.05, 0) is 24.3 Å². The molecule has 0 aliphatic carbocycles. The lowest BCUT2D eigenvalue weighted by atomic mass is 10.2. The number of carbonyl (C=O) groups is 2. The molecule has 1 aromatic carbocycles. The molecule has 0 spiro atoms. The van der Waals surface area contributed by atoms with Gasteiger partial charge in [0.05, 0.1) is 18.2 Å². The number of hydrogen-bond acceptors (Lipinski definition) is 5. The molecule has 1 unspecified atom stereocenters. The van der Waals surface area contributed by atoms with Crippen LogP contribution in [-0.2, 0) is 19.1 Å². The third-order valence-corrected chi connectivity index (χ3v) is 3.29. The normalized spacial score (nSPS) is 18.9. The highest BCUT2D eigenvalue weighted by molar-refractivity contribution is 6.22. The Balaban J connectivity index is 2.04. The third-order valence-electron chi connectivity index (χ3n) is 3.29. The van der Waals surface area contributed by atoms with Crippen molar-refractivity contribution >= 4 is 17.5 Å². The van der Waals surface area contributed by atoms with Gasteiger partial charge in [0.2, 0.25) is 5.91 Å². The highest BCUT2D eigenvalue weighted by Crippen LogP contribution is 2.23. The first-order valence-corrected chi connectivity index (χ1v) is 6.48. The Kier molecular flexibility index (Phi) is 5.00. The van der Waals surface area contributed by atoms with E-state index in [9.17, 15) is 14.0 Å². The molecule has 0 bridgehead atoms. The van der Waals surface area contributed by atoms with Crippen molar-refractivity contribution < 1.29 is 23.5 Å². The fourth-order valence-electron chi connectivity index (χ4n) is 2.15. The Morgan fingerprint density at radius 3 is 2.48 bits per heavy atom. The van der Waals surface area contributed by atoms with Gasteiger partial charge in [0.25, 0.3) is 5.91 Å². The molecule has 2 amide bonds. The lowest BCUT2D eigenvalue weighted by Crippen LogP contribution is -2.42. The number of benzene rings is 1. The van der Waals surface area contributed by atoms with Gasteiger partial charge in [0, 0.05) is 20.8 Å². The maximum Gasteiger partial charge on any atom is 0.251 e. The van der Waals surface area contributed by atoms with E-state index < -0.39 is 18.1 Å². The molecule has 1 aliphatic heterocycles. The first-order chi connectivity index (χ1) is 10.1. The first kappa shape index (κ1) is 15.6. The number of halogens is 1. The van der Waals surface area contributed by atoms with Crippen LogP contribution in [0.2, 0.25) is 0 Å². The van der Waals surface area contributed by atoms with Crippen molar-refractivity contribution in [2.75, 3.05) is 25.7 Å². The van der Waals surface area contributed by atoms with Crippen molar-refractivity contribution in [1.82, 2.24) is 5.32 Å². The van der Waals surface area contributed by atoms with Gasteiger partial charge in [-0.3, -0.25) is 9.59 Å². The fourth-order valence-corrected chi connectivity index (χ4v) is 2.15. The minimum absolute atomic E-state index is 0.0519. The first-order valence-electron chi connectivity index (χ1n) is 6.48. The molecule has 1 fully saturated rings. The van der Waals surface area contributed by atoms with Crippen LogP contribution in [0.15, 0.2) is 24.3 Å². The van der Waals surface area contributed by atoms with E-state index in [2.05, 4.69) is 5.32 Å². The van der Waals surface area contributed by atoms with Crippen molar-refractivity contribution in [1.29, 1.82) is 0 Å². The second-order valence-electron chi connectivity index (χ2n) is 4.61. The van der Waals surface area contributed by atoms with Crippen molar-refractivity contribution in [3.05, 3.63) is 30.1 Å². The molecule has 6 nitrogen and oxygen atoms in total. The topological polar surface area (TPSA) is 67.9 Å². The summed E-state index contributed by atoms with van der Waals surface area (Å²) < 4.78 is 22.9. The van der Waals surface area contributed by atoms with E-state index in [0.29, 0.717) is 5.69 Å². The van der Waals surface area contributed by atoms with Gasteiger partial charge < -0.3 is 14.8 Å². The molecule has 1 N–H and O–H groups in total. The van der Waals surface area contributed by atoms with Crippen molar-refractivity contribution in [3.8, 4) is 0 Å². The molecule has 1 aliphatic rings. The van der Waals surface area contributed by atoms with E-state index >= 15 is 0 Å². The molecule has 1 atom stereocenters. The van der Waals surface area contributed by atoms with Crippen LogP contribution in [0.1, 0.15) is 6.42 Å². The number of nitrogens with zero attached hydrogens (tertiary/aromatic N) is 1. The summed E-state index contributed by atoms with van der Waals surface area (Å²) >= 11 is 0. The molecule has 1 saturated heterocycles. The summed E-state index contributed by atoms with van der Waals surface area (Å²) in [4.78, 5) is 25.3. The van der Waals surface area contributed by atoms with Gasteiger partial charge in [-0.1, -0.05) is 0 Å². The summed E-state index contributed by atoms with van der Waals surface area (Å²) in [6, 6.07) is 4.60. The van der Waals surface area contributed by atoms with Crippen LogP contribution in [0.25, 0.3) is 0 Å². The number of methoxy groups -OCH3 is 2. The third kappa shape index (κ3) is 3.44. The molecule has 0 aromatic heterocycles. The van der Waals surface area contributed by atoms with Crippen molar-refractivity contribution in [2.45, 2.75) is 18.8 Å². The van der Waals surface area contributed by atoms with E-state index in [1.165, 1.54) is 38.5 Å². The maximum atomic E-state index is 12.9. The molecule has 0 saturated carbocycles. The number of ether oxygens (including phenoxy) is 2. The Bertz CT molecular complexity index is 516. The number of anilines is 1. The van der Waals surface area contributed by atoms with Crippen LogP contribution in [-0.4, -0.2) is 44.9 Å². The number of carbonyl (C=O) groups excluding carboxylic acids is 2. The second kappa shape index (κ2) is 6.75. The average Bonchev–Trinajstić information content (AvgIpc) is 2.76.